The van der Waals surface area contributed by atoms with Crippen LogP contribution in [0.4, 0.5) is 0 Å². The molecule has 1 saturated carbocycles. The van der Waals surface area contributed by atoms with Crippen molar-refractivity contribution in [2.75, 3.05) is 19.7 Å². The summed E-state index contributed by atoms with van der Waals surface area (Å²) in [5, 5.41) is 6.67. The first-order valence-corrected chi connectivity index (χ1v) is 8.93. The molecular weight excluding hydrogens is 324 g/mol. The maximum Gasteiger partial charge on any atom is 0.224 e. The number of piperidine rings is 1. The highest BCUT2D eigenvalue weighted by molar-refractivity contribution is 5.85. The number of ether oxygens (including phenoxy) is 1. The minimum Gasteiger partial charge on any atom is -0.494 e. The van der Waals surface area contributed by atoms with Crippen LogP contribution in [0.25, 0.3) is 0 Å². The van der Waals surface area contributed by atoms with Crippen molar-refractivity contribution in [2.45, 2.75) is 45.6 Å². The summed E-state index contributed by atoms with van der Waals surface area (Å²) in [7, 11) is 0. The van der Waals surface area contributed by atoms with Crippen LogP contribution in [0.1, 0.15) is 51.1 Å². The lowest BCUT2D eigenvalue weighted by Gasteiger charge is -2.25. The Morgan fingerprint density at radius 3 is 2.71 bits per heavy atom. The maximum atomic E-state index is 12.7. The second kappa shape index (κ2) is 8.21. The quantitative estimate of drug-likeness (QED) is 0.824. The molecule has 2 unspecified atom stereocenters. The Balaban J connectivity index is 0.00000208. The van der Waals surface area contributed by atoms with E-state index in [2.05, 4.69) is 23.6 Å². The van der Waals surface area contributed by atoms with Crippen LogP contribution in [0.2, 0.25) is 0 Å². The molecule has 1 aromatic carbocycles. The maximum absolute atomic E-state index is 12.7. The van der Waals surface area contributed by atoms with Crippen LogP contribution in [-0.4, -0.2) is 25.6 Å². The molecular formula is C19H29ClN2O2. The highest BCUT2D eigenvalue weighted by Crippen LogP contribution is 2.58. The summed E-state index contributed by atoms with van der Waals surface area (Å²) in [5.41, 5.74) is 1.37. The molecule has 0 aromatic heterocycles. The zero-order chi connectivity index (χ0) is 16.3. The zero-order valence-electron chi connectivity index (χ0n) is 14.6. The number of hydrogen-bond donors (Lipinski definition) is 2. The second-order valence-corrected chi connectivity index (χ2v) is 6.81. The highest BCUT2D eigenvalue weighted by Gasteiger charge is 2.57. The van der Waals surface area contributed by atoms with Gasteiger partial charge in [0.1, 0.15) is 5.75 Å². The molecule has 1 heterocycles. The first-order valence-electron chi connectivity index (χ1n) is 8.93. The van der Waals surface area contributed by atoms with Gasteiger partial charge in [-0.15, -0.1) is 12.4 Å². The fourth-order valence-corrected chi connectivity index (χ4v) is 3.92. The number of benzene rings is 1. The molecule has 1 saturated heterocycles. The average molecular weight is 353 g/mol. The summed E-state index contributed by atoms with van der Waals surface area (Å²) in [4.78, 5) is 12.7. The van der Waals surface area contributed by atoms with Crippen molar-refractivity contribution < 1.29 is 9.53 Å². The van der Waals surface area contributed by atoms with E-state index in [-0.39, 0.29) is 35.7 Å². The molecule has 1 amide bonds. The van der Waals surface area contributed by atoms with E-state index in [1.165, 1.54) is 0 Å². The number of nitrogens with one attached hydrogen (secondary N) is 2. The molecule has 24 heavy (non-hydrogen) atoms. The molecule has 2 aliphatic rings. The molecule has 4 nitrogen and oxygen atoms in total. The molecule has 2 N–H and O–H groups in total. The third-order valence-corrected chi connectivity index (χ3v) is 5.42. The van der Waals surface area contributed by atoms with Crippen LogP contribution >= 0.6 is 12.4 Å². The second-order valence-electron chi connectivity index (χ2n) is 6.81. The largest absolute Gasteiger partial charge is 0.494 e. The van der Waals surface area contributed by atoms with Crippen molar-refractivity contribution in [3.8, 4) is 5.75 Å². The molecule has 3 rings (SSSR count). The van der Waals surface area contributed by atoms with Gasteiger partial charge in [0.15, 0.2) is 0 Å². The van der Waals surface area contributed by atoms with E-state index in [1.54, 1.807) is 0 Å². The van der Waals surface area contributed by atoms with E-state index in [0.717, 1.165) is 50.1 Å². The monoisotopic (exact) mass is 352 g/mol. The predicted octanol–water partition coefficient (Wildman–Crippen LogP) is 3.46. The molecule has 134 valence electrons. The molecule has 5 heteroatoms. The number of amides is 1. The van der Waals surface area contributed by atoms with Crippen molar-refractivity contribution >= 4 is 18.3 Å². The van der Waals surface area contributed by atoms with Gasteiger partial charge in [-0.3, -0.25) is 4.79 Å². The first kappa shape index (κ1) is 19.1. The highest BCUT2D eigenvalue weighted by atomic mass is 35.5. The van der Waals surface area contributed by atoms with Gasteiger partial charge in [-0.25, -0.2) is 0 Å². The Hall–Kier alpha value is -1.26. The molecule has 2 fully saturated rings. The normalized spacial score (nSPS) is 22.3. The SMILES string of the molecule is CCOc1ccccc1C(CC)NC(=O)C1CC12CCNCC2.Cl. The van der Waals surface area contributed by atoms with E-state index >= 15 is 0 Å². The molecule has 1 aliphatic heterocycles. The summed E-state index contributed by atoms with van der Waals surface area (Å²) >= 11 is 0. The van der Waals surface area contributed by atoms with Gasteiger partial charge in [-0.2, -0.15) is 0 Å². The van der Waals surface area contributed by atoms with Crippen LogP contribution in [0, 0.1) is 11.3 Å². The average Bonchev–Trinajstić information content (AvgIpc) is 3.27. The molecule has 1 spiro atoms. The third-order valence-electron chi connectivity index (χ3n) is 5.42. The lowest BCUT2D eigenvalue weighted by molar-refractivity contribution is -0.124. The van der Waals surface area contributed by atoms with Crippen LogP contribution in [0.15, 0.2) is 24.3 Å². The van der Waals surface area contributed by atoms with Crippen molar-refractivity contribution in [2.24, 2.45) is 11.3 Å². The molecule has 2 atom stereocenters. The number of carbonyl (C=O) groups is 1. The van der Waals surface area contributed by atoms with Gasteiger partial charge in [0.2, 0.25) is 5.91 Å². The summed E-state index contributed by atoms with van der Waals surface area (Å²) < 4.78 is 5.73. The van der Waals surface area contributed by atoms with Crippen LogP contribution < -0.4 is 15.4 Å². The fourth-order valence-electron chi connectivity index (χ4n) is 3.92. The van der Waals surface area contributed by atoms with E-state index in [0.29, 0.717) is 6.61 Å². The topological polar surface area (TPSA) is 50.4 Å². The van der Waals surface area contributed by atoms with Crippen LogP contribution in [0.5, 0.6) is 5.75 Å². The Labute approximate surface area is 151 Å². The number of carbonyl (C=O) groups excluding carboxylic acids is 1. The Kier molecular flexibility index (Phi) is 6.53. The number of hydrogen-bond acceptors (Lipinski definition) is 3. The minimum atomic E-state index is 0. The van der Waals surface area contributed by atoms with Crippen molar-refractivity contribution in [3.63, 3.8) is 0 Å². The van der Waals surface area contributed by atoms with Gasteiger partial charge in [-0.05, 0) is 57.2 Å². The van der Waals surface area contributed by atoms with Gasteiger partial charge in [-0.1, -0.05) is 25.1 Å². The van der Waals surface area contributed by atoms with Crippen molar-refractivity contribution in [3.05, 3.63) is 29.8 Å². The predicted molar refractivity (Wildman–Crippen MR) is 98.7 cm³/mol. The van der Waals surface area contributed by atoms with Gasteiger partial charge in [0, 0.05) is 11.5 Å². The van der Waals surface area contributed by atoms with E-state index in [1.807, 2.05) is 25.1 Å². The van der Waals surface area contributed by atoms with Gasteiger partial charge in [0.25, 0.3) is 0 Å². The fraction of sp³-hybridized carbons (Fsp3) is 0.632. The molecule has 0 bridgehead atoms. The Bertz CT molecular complexity index is 558. The standard InChI is InChI=1S/C19H28N2O2.ClH/c1-3-16(14-7-5-6-8-17(14)23-4-2)21-18(22)15-13-19(15)9-11-20-12-10-19;/h5-8,15-16,20H,3-4,9-13H2,1-2H3,(H,21,22);1H. The molecule has 1 aromatic rings. The van der Waals surface area contributed by atoms with Crippen molar-refractivity contribution in [1.82, 2.24) is 10.6 Å². The lowest BCUT2D eigenvalue weighted by Crippen LogP contribution is -2.35. The van der Waals surface area contributed by atoms with Crippen molar-refractivity contribution in [1.29, 1.82) is 0 Å². The minimum absolute atomic E-state index is 0. The first-order chi connectivity index (χ1) is 11.2. The number of halogens is 1. The van der Waals surface area contributed by atoms with Crippen LogP contribution in [0.3, 0.4) is 0 Å². The number of rotatable bonds is 6. The van der Waals surface area contributed by atoms with Crippen LogP contribution in [-0.2, 0) is 4.79 Å². The van der Waals surface area contributed by atoms with Gasteiger partial charge >= 0.3 is 0 Å². The summed E-state index contributed by atoms with van der Waals surface area (Å²) in [6.07, 6.45) is 4.20. The third kappa shape index (κ3) is 3.86. The Morgan fingerprint density at radius 2 is 2.04 bits per heavy atom. The summed E-state index contributed by atoms with van der Waals surface area (Å²) in [5.74, 6) is 1.32. The van der Waals surface area contributed by atoms with Gasteiger partial charge in [0.05, 0.1) is 12.6 Å². The summed E-state index contributed by atoms with van der Waals surface area (Å²) in [6, 6.07) is 8.07. The van der Waals surface area contributed by atoms with E-state index < -0.39 is 0 Å². The van der Waals surface area contributed by atoms with E-state index in [9.17, 15) is 4.79 Å². The van der Waals surface area contributed by atoms with E-state index in [4.69, 9.17) is 4.74 Å². The molecule has 0 radical (unpaired) electrons. The Morgan fingerprint density at radius 1 is 1.33 bits per heavy atom. The number of para-hydroxylation sites is 1. The smallest absolute Gasteiger partial charge is 0.224 e. The summed E-state index contributed by atoms with van der Waals surface area (Å²) in [6.45, 7) is 6.84. The van der Waals surface area contributed by atoms with Gasteiger partial charge < -0.3 is 15.4 Å². The molecule has 1 aliphatic carbocycles. The lowest BCUT2D eigenvalue weighted by atomic mass is 9.91. The zero-order valence-corrected chi connectivity index (χ0v) is 15.5.